The maximum Gasteiger partial charge on any atom is 0.263 e. The van der Waals surface area contributed by atoms with Crippen molar-refractivity contribution < 1.29 is 4.74 Å². The van der Waals surface area contributed by atoms with Crippen molar-refractivity contribution in [2.75, 3.05) is 56.2 Å². The van der Waals surface area contributed by atoms with Gasteiger partial charge in [-0.2, -0.15) is 4.98 Å². The SMILES string of the molecule is CCN1CCCC1CNc1nc(N2CCOCC2)[nH]c(=O)c1-c1ccc2ccccc2n1. The standard InChI is InChI=1S/C24H30N6O2/c1-2-29-11-5-7-18(29)16-25-22-21(20-10-9-17-6-3-4-8-19(17)26-20)23(31)28-24(27-22)30-12-14-32-15-13-30/h3-4,6,8-10,18H,2,5,7,11-16H2,1H3,(H2,25,27,28,31). The van der Waals surface area contributed by atoms with Crippen LogP contribution in [0.3, 0.4) is 0 Å². The third-order valence-corrected chi connectivity index (χ3v) is 6.48. The molecule has 0 aliphatic carbocycles. The summed E-state index contributed by atoms with van der Waals surface area (Å²) >= 11 is 0. The number of aromatic nitrogens is 3. The highest BCUT2D eigenvalue weighted by molar-refractivity contribution is 5.83. The topological polar surface area (TPSA) is 86.4 Å². The average molecular weight is 435 g/mol. The molecule has 2 aromatic heterocycles. The zero-order chi connectivity index (χ0) is 21.9. The maximum absolute atomic E-state index is 13.3. The Kier molecular flexibility index (Phi) is 6.05. The molecule has 1 unspecified atom stereocenters. The van der Waals surface area contributed by atoms with Gasteiger partial charge < -0.3 is 15.0 Å². The highest BCUT2D eigenvalue weighted by atomic mass is 16.5. The van der Waals surface area contributed by atoms with Crippen molar-refractivity contribution >= 4 is 22.7 Å². The molecule has 4 heterocycles. The summed E-state index contributed by atoms with van der Waals surface area (Å²) in [5, 5.41) is 4.56. The summed E-state index contributed by atoms with van der Waals surface area (Å²) in [6.45, 7) is 7.81. The van der Waals surface area contributed by atoms with Crippen molar-refractivity contribution in [1.29, 1.82) is 0 Å². The minimum absolute atomic E-state index is 0.175. The molecule has 32 heavy (non-hydrogen) atoms. The number of nitrogens with zero attached hydrogens (tertiary/aromatic N) is 4. The number of nitrogens with one attached hydrogen (secondary N) is 2. The molecule has 5 rings (SSSR count). The summed E-state index contributed by atoms with van der Waals surface area (Å²) in [5.74, 6) is 1.19. The Morgan fingerprint density at radius 2 is 1.97 bits per heavy atom. The fourth-order valence-corrected chi connectivity index (χ4v) is 4.71. The number of para-hydroxylation sites is 1. The molecule has 0 spiro atoms. The third kappa shape index (κ3) is 4.20. The predicted octanol–water partition coefficient (Wildman–Crippen LogP) is 2.72. The normalized spacial score (nSPS) is 19.5. The van der Waals surface area contributed by atoms with E-state index in [1.165, 1.54) is 6.42 Å². The molecule has 2 saturated heterocycles. The van der Waals surface area contributed by atoms with Crippen LogP contribution in [0.25, 0.3) is 22.2 Å². The summed E-state index contributed by atoms with van der Waals surface area (Å²) in [5.41, 5.74) is 1.81. The van der Waals surface area contributed by atoms with Gasteiger partial charge in [0.15, 0.2) is 0 Å². The molecule has 8 nitrogen and oxygen atoms in total. The van der Waals surface area contributed by atoms with E-state index in [-0.39, 0.29) is 5.56 Å². The zero-order valence-electron chi connectivity index (χ0n) is 18.5. The summed E-state index contributed by atoms with van der Waals surface area (Å²) in [6, 6.07) is 12.3. The van der Waals surface area contributed by atoms with Crippen LogP contribution < -0.4 is 15.8 Å². The zero-order valence-corrected chi connectivity index (χ0v) is 18.5. The molecular formula is C24H30N6O2. The van der Waals surface area contributed by atoms with Gasteiger partial charge in [-0.15, -0.1) is 0 Å². The number of hydrogen-bond donors (Lipinski definition) is 2. The van der Waals surface area contributed by atoms with E-state index in [1.54, 1.807) is 0 Å². The fourth-order valence-electron chi connectivity index (χ4n) is 4.71. The number of pyridine rings is 1. The van der Waals surface area contributed by atoms with E-state index >= 15 is 0 Å². The monoisotopic (exact) mass is 434 g/mol. The number of morpholine rings is 1. The van der Waals surface area contributed by atoms with E-state index in [1.807, 2.05) is 36.4 Å². The smallest absolute Gasteiger partial charge is 0.263 e. The lowest BCUT2D eigenvalue weighted by Gasteiger charge is -2.28. The van der Waals surface area contributed by atoms with Gasteiger partial charge in [-0.3, -0.25) is 14.7 Å². The number of likely N-dealkylation sites (tertiary alicyclic amines) is 1. The van der Waals surface area contributed by atoms with Crippen LogP contribution in [-0.2, 0) is 4.74 Å². The van der Waals surface area contributed by atoms with Gasteiger partial charge in [0.2, 0.25) is 5.95 Å². The molecule has 0 amide bonds. The van der Waals surface area contributed by atoms with E-state index in [0.29, 0.717) is 55.4 Å². The van der Waals surface area contributed by atoms with Gasteiger partial charge in [-0.05, 0) is 38.1 Å². The number of likely N-dealkylation sites (N-methyl/N-ethyl adjacent to an activating group) is 1. The van der Waals surface area contributed by atoms with E-state index in [4.69, 9.17) is 14.7 Å². The van der Waals surface area contributed by atoms with Crippen molar-refractivity contribution in [2.24, 2.45) is 0 Å². The lowest BCUT2D eigenvalue weighted by Crippen LogP contribution is -2.39. The molecule has 2 aliphatic rings. The second-order valence-corrected chi connectivity index (χ2v) is 8.41. The van der Waals surface area contributed by atoms with Crippen LogP contribution in [-0.4, -0.2) is 71.8 Å². The first-order chi connectivity index (χ1) is 15.7. The Morgan fingerprint density at radius 1 is 1.12 bits per heavy atom. The summed E-state index contributed by atoms with van der Waals surface area (Å²) < 4.78 is 5.46. The largest absolute Gasteiger partial charge is 0.378 e. The van der Waals surface area contributed by atoms with Crippen LogP contribution in [0.5, 0.6) is 0 Å². The first-order valence-corrected chi connectivity index (χ1v) is 11.5. The minimum atomic E-state index is -0.175. The molecule has 3 aromatic rings. The van der Waals surface area contributed by atoms with Crippen molar-refractivity contribution in [1.82, 2.24) is 19.9 Å². The number of aromatic amines is 1. The number of anilines is 2. The summed E-state index contributed by atoms with van der Waals surface area (Å²) in [7, 11) is 0. The van der Waals surface area contributed by atoms with Gasteiger partial charge >= 0.3 is 0 Å². The number of fused-ring (bicyclic) bond motifs is 1. The summed E-state index contributed by atoms with van der Waals surface area (Å²) in [4.78, 5) is 30.5. The predicted molar refractivity (Wildman–Crippen MR) is 127 cm³/mol. The van der Waals surface area contributed by atoms with Gasteiger partial charge in [0.05, 0.1) is 24.4 Å². The van der Waals surface area contributed by atoms with Crippen LogP contribution in [0.15, 0.2) is 41.2 Å². The van der Waals surface area contributed by atoms with Crippen molar-refractivity contribution in [3.8, 4) is 11.3 Å². The third-order valence-electron chi connectivity index (χ3n) is 6.48. The second kappa shape index (κ2) is 9.26. The van der Waals surface area contributed by atoms with E-state index in [0.717, 1.165) is 37.0 Å². The van der Waals surface area contributed by atoms with Crippen molar-refractivity contribution in [3.05, 3.63) is 46.8 Å². The molecule has 168 valence electrons. The Hall–Kier alpha value is -2.97. The van der Waals surface area contributed by atoms with Crippen LogP contribution in [0.4, 0.5) is 11.8 Å². The second-order valence-electron chi connectivity index (χ2n) is 8.41. The molecular weight excluding hydrogens is 404 g/mol. The Balaban J connectivity index is 1.53. The lowest BCUT2D eigenvalue weighted by atomic mass is 10.1. The van der Waals surface area contributed by atoms with E-state index in [2.05, 4.69) is 27.0 Å². The Morgan fingerprint density at radius 3 is 2.81 bits per heavy atom. The quantitative estimate of drug-likeness (QED) is 0.617. The molecule has 0 saturated carbocycles. The minimum Gasteiger partial charge on any atom is -0.378 e. The molecule has 8 heteroatoms. The van der Waals surface area contributed by atoms with Crippen molar-refractivity contribution in [3.63, 3.8) is 0 Å². The number of H-pyrrole nitrogens is 1. The van der Waals surface area contributed by atoms with Crippen LogP contribution in [0, 0.1) is 0 Å². The number of benzene rings is 1. The molecule has 2 N–H and O–H groups in total. The highest BCUT2D eigenvalue weighted by Crippen LogP contribution is 2.26. The number of hydrogen-bond acceptors (Lipinski definition) is 7. The van der Waals surface area contributed by atoms with Gasteiger partial charge in [0.25, 0.3) is 5.56 Å². The van der Waals surface area contributed by atoms with Crippen LogP contribution in [0.2, 0.25) is 0 Å². The molecule has 2 aliphatic heterocycles. The molecule has 0 radical (unpaired) electrons. The van der Waals surface area contributed by atoms with Crippen LogP contribution >= 0.6 is 0 Å². The molecule has 0 bridgehead atoms. The number of ether oxygens (including phenoxy) is 1. The number of rotatable bonds is 6. The van der Waals surface area contributed by atoms with Crippen LogP contribution in [0.1, 0.15) is 19.8 Å². The summed E-state index contributed by atoms with van der Waals surface area (Å²) in [6.07, 6.45) is 2.37. The van der Waals surface area contributed by atoms with Gasteiger partial charge in [-0.25, -0.2) is 4.98 Å². The maximum atomic E-state index is 13.3. The van der Waals surface area contributed by atoms with Gasteiger partial charge in [0.1, 0.15) is 11.4 Å². The first-order valence-electron chi connectivity index (χ1n) is 11.5. The van der Waals surface area contributed by atoms with E-state index in [9.17, 15) is 4.79 Å². The Labute approximate surface area is 187 Å². The fraction of sp³-hybridized carbons (Fsp3) is 0.458. The molecule has 1 atom stereocenters. The molecule has 1 aromatic carbocycles. The van der Waals surface area contributed by atoms with Gasteiger partial charge in [-0.1, -0.05) is 31.2 Å². The lowest BCUT2D eigenvalue weighted by molar-refractivity contribution is 0.122. The first kappa shape index (κ1) is 20.9. The molecule has 2 fully saturated rings. The van der Waals surface area contributed by atoms with Gasteiger partial charge in [0, 0.05) is 31.1 Å². The van der Waals surface area contributed by atoms with Crippen molar-refractivity contribution in [2.45, 2.75) is 25.8 Å². The van der Waals surface area contributed by atoms with E-state index < -0.39 is 0 Å². The average Bonchev–Trinajstić information content (AvgIpc) is 3.30. The highest BCUT2D eigenvalue weighted by Gasteiger charge is 2.25. The Bertz CT molecular complexity index is 1140.